The summed E-state index contributed by atoms with van der Waals surface area (Å²) in [6, 6.07) is 2.76. The summed E-state index contributed by atoms with van der Waals surface area (Å²) in [5.74, 6) is -7.52. The number of amides is 3. The summed E-state index contributed by atoms with van der Waals surface area (Å²) < 4.78 is 33.2. The van der Waals surface area contributed by atoms with Crippen LogP contribution in [0.2, 0.25) is 0 Å². The largest absolute Gasteiger partial charge is 0.507 e. The van der Waals surface area contributed by atoms with Crippen molar-refractivity contribution in [3.63, 3.8) is 0 Å². The molecular weight excluding hydrogens is 554 g/mol. The van der Waals surface area contributed by atoms with E-state index in [9.17, 15) is 38.2 Å². The number of nitrogens with zero attached hydrogens (tertiary/aromatic N) is 1. The van der Waals surface area contributed by atoms with Crippen LogP contribution in [0.5, 0.6) is 5.75 Å². The second-order valence-electron chi connectivity index (χ2n) is 10.9. The van der Waals surface area contributed by atoms with Gasteiger partial charge in [-0.3, -0.25) is 19.2 Å². The average Bonchev–Trinajstić information content (AvgIpc) is 2.92. The number of hydrogen-bond acceptors (Lipinski definition) is 8. The van der Waals surface area contributed by atoms with Crippen LogP contribution in [-0.2, 0) is 25.5 Å². The minimum absolute atomic E-state index is 0.0755. The second kappa shape index (κ2) is 13.7. The second-order valence-corrected chi connectivity index (χ2v) is 10.9. The number of aliphatic hydroxyl groups excluding tert-OH is 1. The maximum atomic E-state index is 14.1. The van der Waals surface area contributed by atoms with Crippen molar-refractivity contribution in [2.45, 2.75) is 77.8 Å². The first-order valence-corrected chi connectivity index (χ1v) is 13.6. The van der Waals surface area contributed by atoms with Gasteiger partial charge in [0.2, 0.25) is 11.9 Å². The molecule has 42 heavy (non-hydrogen) atoms. The predicted molar refractivity (Wildman–Crippen MR) is 146 cm³/mol. The fourth-order valence-electron chi connectivity index (χ4n) is 4.64. The number of halogens is 2. The van der Waals surface area contributed by atoms with Crippen LogP contribution < -0.4 is 16.0 Å². The van der Waals surface area contributed by atoms with Crippen molar-refractivity contribution in [1.29, 1.82) is 0 Å². The van der Waals surface area contributed by atoms with Gasteiger partial charge in [-0.1, -0.05) is 26.0 Å². The standard InChI is InChI=1S/C29H36F2N4O7/c1-13(2)10-22-27(39)33-16(5)23(35-26(38)18-8-6-7-9-21(18)36)28(40)34-20(24(37)14(3)29(41)42-22)12-17-11-19(30)25(31)32-15(17)4/h6-9,11,13-14,16,20,22-24,36-37H,10,12H2,1-5H3,(H,33,39)(H,34,40)(H,35,38)/t14-,16-,20+,22?,23+,24+/m1/s1. The summed E-state index contributed by atoms with van der Waals surface area (Å²) in [7, 11) is 0. The molecule has 1 unspecified atom stereocenters. The first kappa shape index (κ1) is 32.4. The molecular formula is C29H36F2N4O7. The number of benzene rings is 1. The van der Waals surface area contributed by atoms with Gasteiger partial charge in [0.25, 0.3) is 11.8 Å². The van der Waals surface area contributed by atoms with Crippen LogP contribution in [0.1, 0.15) is 55.7 Å². The Labute approximate surface area is 242 Å². The van der Waals surface area contributed by atoms with Gasteiger partial charge in [0, 0.05) is 5.69 Å². The van der Waals surface area contributed by atoms with Crippen molar-refractivity contribution in [2.75, 3.05) is 0 Å². The van der Waals surface area contributed by atoms with Crippen LogP contribution in [0.4, 0.5) is 8.78 Å². The molecule has 11 nitrogen and oxygen atoms in total. The van der Waals surface area contributed by atoms with E-state index in [1.54, 1.807) is 0 Å². The smallest absolute Gasteiger partial charge is 0.312 e. The zero-order valence-corrected chi connectivity index (χ0v) is 24.0. The molecule has 2 heterocycles. The molecule has 228 valence electrons. The van der Waals surface area contributed by atoms with E-state index in [1.165, 1.54) is 45.0 Å². The highest BCUT2D eigenvalue weighted by molar-refractivity contribution is 6.00. The number of aliphatic hydroxyl groups is 1. The number of aromatic nitrogens is 1. The van der Waals surface area contributed by atoms with Crippen molar-refractivity contribution in [2.24, 2.45) is 11.8 Å². The molecule has 2 aromatic rings. The third-order valence-corrected chi connectivity index (χ3v) is 7.12. The van der Waals surface area contributed by atoms with E-state index in [0.29, 0.717) is 0 Å². The molecule has 0 saturated carbocycles. The summed E-state index contributed by atoms with van der Waals surface area (Å²) in [5.41, 5.74) is 0.119. The molecule has 0 bridgehead atoms. The fourth-order valence-corrected chi connectivity index (χ4v) is 4.64. The van der Waals surface area contributed by atoms with Crippen molar-refractivity contribution >= 4 is 23.7 Å². The maximum Gasteiger partial charge on any atom is 0.312 e. The lowest BCUT2D eigenvalue weighted by Gasteiger charge is -2.34. The lowest BCUT2D eigenvalue weighted by atomic mass is 9.91. The van der Waals surface area contributed by atoms with Crippen LogP contribution >= 0.6 is 0 Å². The van der Waals surface area contributed by atoms with E-state index in [1.807, 2.05) is 13.8 Å². The number of rotatable bonds is 6. The topological polar surface area (TPSA) is 167 Å². The van der Waals surface area contributed by atoms with E-state index in [0.717, 1.165) is 6.07 Å². The van der Waals surface area contributed by atoms with Gasteiger partial charge in [0.15, 0.2) is 11.9 Å². The Morgan fingerprint density at radius 3 is 2.43 bits per heavy atom. The molecule has 1 aliphatic heterocycles. The molecule has 1 saturated heterocycles. The number of phenols is 1. The molecule has 13 heteroatoms. The van der Waals surface area contributed by atoms with Crippen LogP contribution in [0, 0.1) is 30.5 Å². The third kappa shape index (κ3) is 7.78. The zero-order valence-electron chi connectivity index (χ0n) is 24.0. The summed E-state index contributed by atoms with van der Waals surface area (Å²) in [6.07, 6.45) is -3.00. The molecule has 6 atom stereocenters. The van der Waals surface area contributed by atoms with Gasteiger partial charge in [0.1, 0.15) is 11.8 Å². The van der Waals surface area contributed by atoms with Gasteiger partial charge >= 0.3 is 5.97 Å². The number of esters is 1. The zero-order chi connectivity index (χ0) is 31.3. The van der Waals surface area contributed by atoms with Gasteiger partial charge in [-0.2, -0.15) is 4.39 Å². The SMILES string of the molecule is Cc1nc(F)c(F)cc1C[C@@H]1NC(=O)[C@@H](NC(=O)c2ccccc2O)[C@@H](C)NC(=O)C(CC(C)C)OC(=O)[C@H](C)[C@@H]1O. The molecule has 3 rings (SSSR count). The summed E-state index contributed by atoms with van der Waals surface area (Å²) in [5, 5.41) is 29.1. The monoisotopic (exact) mass is 590 g/mol. The number of pyridine rings is 1. The number of carbonyl (C=O) groups excluding carboxylic acids is 4. The molecule has 1 fully saturated rings. The summed E-state index contributed by atoms with van der Waals surface area (Å²) >= 11 is 0. The minimum Gasteiger partial charge on any atom is -0.507 e. The van der Waals surface area contributed by atoms with Gasteiger partial charge in [-0.25, -0.2) is 9.37 Å². The molecule has 5 N–H and O–H groups in total. The number of carbonyl (C=O) groups is 4. The predicted octanol–water partition coefficient (Wildman–Crippen LogP) is 1.67. The molecule has 1 aliphatic rings. The van der Waals surface area contributed by atoms with E-state index >= 15 is 0 Å². The molecule has 0 aliphatic carbocycles. The first-order valence-electron chi connectivity index (χ1n) is 13.6. The number of para-hydroxylation sites is 1. The molecule has 0 radical (unpaired) electrons. The third-order valence-electron chi connectivity index (χ3n) is 7.12. The molecule has 0 spiro atoms. The highest BCUT2D eigenvalue weighted by atomic mass is 19.2. The number of hydrogen-bond donors (Lipinski definition) is 5. The van der Waals surface area contributed by atoms with E-state index in [4.69, 9.17) is 4.74 Å². The van der Waals surface area contributed by atoms with Crippen LogP contribution in [0.3, 0.4) is 0 Å². The van der Waals surface area contributed by atoms with Crippen molar-refractivity contribution in [3.05, 3.63) is 58.9 Å². The van der Waals surface area contributed by atoms with E-state index < -0.39 is 71.7 Å². The van der Waals surface area contributed by atoms with Crippen molar-refractivity contribution in [1.82, 2.24) is 20.9 Å². The quantitative estimate of drug-likeness (QED) is 0.250. The van der Waals surface area contributed by atoms with Crippen molar-refractivity contribution < 1.29 is 42.9 Å². The van der Waals surface area contributed by atoms with Crippen LogP contribution in [-0.4, -0.2) is 69.2 Å². The number of aryl methyl sites for hydroxylation is 1. The highest BCUT2D eigenvalue weighted by Gasteiger charge is 2.39. The number of aromatic hydroxyl groups is 1. The Morgan fingerprint density at radius 2 is 1.79 bits per heavy atom. The van der Waals surface area contributed by atoms with Crippen molar-refractivity contribution in [3.8, 4) is 5.75 Å². The Bertz CT molecular complexity index is 1340. The average molecular weight is 591 g/mol. The summed E-state index contributed by atoms with van der Waals surface area (Å²) in [6.45, 7) is 7.85. The van der Waals surface area contributed by atoms with Gasteiger partial charge in [-0.15, -0.1) is 0 Å². The number of ether oxygens (including phenoxy) is 1. The molecule has 1 aromatic heterocycles. The lowest BCUT2D eigenvalue weighted by Crippen LogP contribution is -2.62. The minimum atomic E-state index is -1.61. The lowest BCUT2D eigenvalue weighted by molar-refractivity contribution is -0.164. The number of nitrogens with one attached hydrogen (secondary N) is 3. The fraction of sp³-hybridized carbons (Fsp3) is 0.483. The number of cyclic esters (lactones) is 1. The normalized spacial score (nSPS) is 25.5. The van der Waals surface area contributed by atoms with Crippen LogP contribution in [0.25, 0.3) is 0 Å². The van der Waals surface area contributed by atoms with Gasteiger partial charge < -0.3 is 30.9 Å². The Hall–Kier alpha value is -4.13. The van der Waals surface area contributed by atoms with E-state index in [2.05, 4.69) is 20.9 Å². The van der Waals surface area contributed by atoms with Crippen LogP contribution in [0.15, 0.2) is 30.3 Å². The first-order chi connectivity index (χ1) is 19.7. The van der Waals surface area contributed by atoms with E-state index in [-0.39, 0.29) is 41.3 Å². The Morgan fingerprint density at radius 1 is 1.12 bits per heavy atom. The van der Waals surface area contributed by atoms with Gasteiger partial charge in [0.05, 0.1) is 29.7 Å². The molecule has 3 amide bonds. The highest BCUT2D eigenvalue weighted by Crippen LogP contribution is 2.21. The summed E-state index contributed by atoms with van der Waals surface area (Å²) in [4.78, 5) is 56.5. The van der Waals surface area contributed by atoms with Gasteiger partial charge in [-0.05, 0) is 63.3 Å². The Balaban J connectivity index is 2.04. The molecule has 1 aromatic carbocycles. The Kier molecular flexibility index (Phi) is 10.6. The number of phenolic OH excluding ortho intramolecular Hbond substituents is 1. The maximum absolute atomic E-state index is 14.1.